The molecule has 1 aromatic heterocycles. The molecule has 0 bridgehead atoms. The van der Waals surface area contributed by atoms with Crippen LogP contribution in [0.15, 0.2) is 5.38 Å². The van der Waals surface area contributed by atoms with Crippen LogP contribution in [-0.2, 0) is 16.0 Å². The number of nitrogens with zero attached hydrogens (tertiary/aromatic N) is 2. The SMILES string of the molecule is CC(=O)C(Cc1csc(N2CCOCC2)n1)C1CCCCC1. The summed E-state index contributed by atoms with van der Waals surface area (Å²) < 4.78 is 5.39. The summed E-state index contributed by atoms with van der Waals surface area (Å²) in [5.41, 5.74) is 1.09. The van der Waals surface area contributed by atoms with Gasteiger partial charge in [-0.3, -0.25) is 4.79 Å². The van der Waals surface area contributed by atoms with Gasteiger partial charge in [-0.25, -0.2) is 4.98 Å². The number of Topliss-reactive ketones (excluding diaryl/α,β-unsaturated/α-hetero) is 1. The summed E-state index contributed by atoms with van der Waals surface area (Å²) in [6.45, 7) is 5.17. The average molecular weight is 322 g/mol. The van der Waals surface area contributed by atoms with Gasteiger partial charge in [0.15, 0.2) is 5.13 Å². The van der Waals surface area contributed by atoms with Gasteiger partial charge in [0.05, 0.1) is 18.9 Å². The number of rotatable bonds is 5. The summed E-state index contributed by atoms with van der Waals surface area (Å²) in [5.74, 6) is 1.08. The van der Waals surface area contributed by atoms with Crippen molar-refractivity contribution in [2.75, 3.05) is 31.2 Å². The summed E-state index contributed by atoms with van der Waals surface area (Å²) in [6, 6.07) is 0. The molecule has 0 amide bonds. The maximum Gasteiger partial charge on any atom is 0.185 e. The predicted octanol–water partition coefficient (Wildman–Crippen LogP) is 3.31. The average Bonchev–Trinajstić information content (AvgIpc) is 3.03. The molecular weight excluding hydrogens is 296 g/mol. The lowest BCUT2D eigenvalue weighted by Gasteiger charge is -2.28. The molecule has 0 aromatic carbocycles. The van der Waals surface area contributed by atoms with E-state index in [0.717, 1.165) is 43.5 Å². The fraction of sp³-hybridized carbons (Fsp3) is 0.765. The first-order valence-electron chi connectivity index (χ1n) is 8.51. The third-order valence-corrected chi connectivity index (χ3v) is 5.94. The van der Waals surface area contributed by atoms with Crippen molar-refractivity contribution in [1.29, 1.82) is 0 Å². The maximum atomic E-state index is 12.1. The van der Waals surface area contributed by atoms with Crippen LogP contribution in [0.1, 0.15) is 44.7 Å². The van der Waals surface area contributed by atoms with Crippen LogP contribution in [0.2, 0.25) is 0 Å². The molecule has 0 radical (unpaired) electrons. The molecular formula is C17H26N2O2S. The second-order valence-electron chi connectivity index (χ2n) is 6.54. The summed E-state index contributed by atoms with van der Waals surface area (Å²) in [4.78, 5) is 19.2. The summed E-state index contributed by atoms with van der Waals surface area (Å²) in [5, 5.41) is 3.23. The first-order chi connectivity index (χ1) is 10.7. The van der Waals surface area contributed by atoms with Gasteiger partial charge in [-0.05, 0) is 25.7 Å². The van der Waals surface area contributed by atoms with Crippen molar-refractivity contribution in [3.8, 4) is 0 Å². The molecule has 5 heteroatoms. The van der Waals surface area contributed by atoms with Crippen molar-refractivity contribution >= 4 is 22.3 Å². The van der Waals surface area contributed by atoms with Crippen molar-refractivity contribution in [2.24, 2.45) is 11.8 Å². The smallest absolute Gasteiger partial charge is 0.185 e. The monoisotopic (exact) mass is 322 g/mol. The van der Waals surface area contributed by atoms with Crippen molar-refractivity contribution in [1.82, 2.24) is 4.98 Å². The molecule has 2 fully saturated rings. The molecule has 0 N–H and O–H groups in total. The molecule has 1 atom stereocenters. The zero-order chi connectivity index (χ0) is 15.4. The van der Waals surface area contributed by atoms with E-state index in [0.29, 0.717) is 11.7 Å². The second kappa shape index (κ2) is 7.55. The van der Waals surface area contributed by atoms with E-state index < -0.39 is 0 Å². The molecule has 1 unspecified atom stereocenters. The number of carbonyl (C=O) groups excluding carboxylic acids is 1. The first-order valence-corrected chi connectivity index (χ1v) is 9.39. The summed E-state index contributed by atoms with van der Waals surface area (Å²) in [6.07, 6.45) is 7.14. The molecule has 2 aliphatic rings. The molecule has 0 spiro atoms. The van der Waals surface area contributed by atoms with Crippen molar-refractivity contribution in [3.05, 3.63) is 11.1 Å². The Morgan fingerprint density at radius 1 is 1.36 bits per heavy atom. The highest BCUT2D eigenvalue weighted by Crippen LogP contribution is 2.33. The van der Waals surface area contributed by atoms with Crippen LogP contribution >= 0.6 is 11.3 Å². The minimum absolute atomic E-state index is 0.167. The van der Waals surface area contributed by atoms with Gasteiger partial charge in [0, 0.05) is 30.8 Å². The van der Waals surface area contributed by atoms with Crippen LogP contribution in [0.25, 0.3) is 0 Å². The number of hydrogen-bond donors (Lipinski definition) is 0. The standard InChI is InChI=1S/C17H26N2O2S/c1-13(20)16(14-5-3-2-4-6-14)11-15-12-22-17(18-15)19-7-9-21-10-8-19/h12,14,16H,2-11H2,1H3. The van der Waals surface area contributed by atoms with Gasteiger partial charge in [0.25, 0.3) is 0 Å². The van der Waals surface area contributed by atoms with Crippen molar-refractivity contribution in [3.63, 3.8) is 0 Å². The highest BCUT2D eigenvalue weighted by atomic mass is 32.1. The number of hydrogen-bond acceptors (Lipinski definition) is 5. The number of thiazole rings is 1. The van der Waals surface area contributed by atoms with Gasteiger partial charge in [-0.1, -0.05) is 19.3 Å². The van der Waals surface area contributed by atoms with Gasteiger partial charge in [0.1, 0.15) is 5.78 Å². The Morgan fingerprint density at radius 3 is 2.77 bits per heavy atom. The van der Waals surface area contributed by atoms with E-state index in [4.69, 9.17) is 9.72 Å². The van der Waals surface area contributed by atoms with E-state index in [2.05, 4.69) is 10.3 Å². The van der Waals surface area contributed by atoms with Crippen LogP contribution < -0.4 is 4.90 Å². The number of morpholine rings is 1. The van der Waals surface area contributed by atoms with E-state index in [1.165, 1.54) is 32.1 Å². The summed E-state index contributed by atoms with van der Waals surface area (Å²) in [7, 11) is 0. The number of anilines is 1. The Labute approximate surface area is 136 Å². The van der Waals surface area contributed by atoms with Crippen molar-refractivity contribution in [2.45, 2.75) is 45.4 Å². The van der Waals surface area contributed by atoms with Gasteiger partial charge < -0.3 is 9.64 Å². The van der Waals surface area contributed by atoms with E-state index in [9.17, 15) is 4.79 Å². The quantitative estimate of drug-likeness (QED) is 0.834. The largest absolute Gasteiger partial charge is 0.378 e. The van der Waals surface area contributed by atoms with Gasteiger partial charge in [-0.2, -0.15) is 0 Å². The van der Waals surface area contributed by atoms with Crippen LogP contribution in [-0.4, -0.2) is 37.1 Å². The zero-order valence-electron chi connectivity index (χ0n) is 13.4. The van der Waals surface area contributed by atoms with E-state index in [1.54, 1.807) is 18.3 Å². The van der Waals surface area contributed by atoms with E-state index in [-0.39, 0.29) is 5.92 Å². The van der Waals surface area contributed by atoms with Crippen LogP contribution in [0.5, 0.6) is 0 Å². The van der Waals surface area contributed by atoms with Gasteiger partial charge in [-0.15, -0.1) is 11.3 Å². The molecule has 4 nitrogen and oxygen atoms in total. The molecule has 22 heavy (non-hydrogen) atoms. The lowest BCUT2D eigenvalue weighted by Crippen LogP contribution is -2.36. The zero-order valence-corrected chi connectivity index (χ0v) is 14.2. The highest BCUT2D eigenvalue weighted by molar-refractivity contribution is 7.13. The Kier molecular flexibility index (Phi) is 5.47. The minimum Gasteiger partial charge on any atom is -0.378 e. The van der Waals surface area contributed by atoms with Crippen LogP contribution in [0.4, 0.5) is 5.13 Å². The number of carbonyl (C=O) groups is 1. The normalized spacial score (nSPS) is 21.8. The van der Waals surface area contributed by atoms with E-state index in [1.807, 2.05) is 0 Å². The fourth-order valence-corrected chi connectivity index (χ4v) is 4.59. The summed E-state index contributed by atoms with van der Waals surface area (Å²) >= 11 is 1.70. The van der Waals surface area contributed by atoms with Gasteiger partial charge in [0.2, 0.25) is 0 Å². The molecule has 2 heterocycles. The highest BCUT2D eigenvalue weighted by Gasteiger charge is 2.28. The Bertz CT molecular complexity index is 491. The molecule has 1 aromatic rings. The predicted molar refractivity (Wildman–Crippen MR) is 89.6 cm³/mol. The second-order valence-corrected chi connectivity index (χ2v) is 7.38. The van der Waals surface area contributed by atoms with Crippen LogP contribution in [0, 0.1) is 11.8 Å². The number of ketones is 1. The van der Waals surface area contributed by atoms with E-state index >= 15 is 0 Å². The molecule has 122 valence electrons. The Balaban J connectivity index is 1.65. The maximum absolute atomic E-state index is 12.1. The molecule has 1 saturated heterocycles. The topological polar surface area (TPSA) is 42.4 Å². The molecule has 1 aliphatic heterocycles. The molecule has 1 saturated carbocycles. The molecule has 3 rings (SSSR count). The van der Waals surface area contributed by atoms with Crippen molar-refractivity contribution < 1.29 is 9.53 Å². The number of ether oxygens (including phenoxy) is 1. The third-order valence-electron chi connectivity index (χ3n) is 4.99. The Hall–Kier alpha value is -0.940. The van der Waals surface area contributed by atoms with Gasteiger partial charge >= 0.3 is 0 Å². The lowest BCUT2D eigenvalue weighted by molar-refractivity contribution is -0.122. The number of aromatic nitrogens is 1. The molecule has 1 aliphatic carbocycles. The fourth-order valence-electron chi connectivity index (χ4n) is 3.69. The third kappa shape index (κ3) is 3.87. The first kappa shape index (κ1) is 15.9. The Morgan fingerprint density at radius 2 is 2.09 bits per heavy atom. The lowest BCUT2D eigenvalue weighted by atomic mass is 9.76. The van der Waals surface area contributed by atoms with Crippen LogP contribution in [0.3, 0.4) is 0 Å². The minimum atomic E-state index is 0.167.